The molecule has 0 saturated carbocycles. The summed E-state index contributed by atoms with van der Waals surface area (Å²) < 4.78 is 13.2. The topological polar surface area (TPSA) is 178 Å². The standard InChI is InChI=1S/C33H59N7O6S/c1-11-14-23(26(41)29(43)35-16-12-2)37-28(42)25-22(21(3)4)15-19-40(25)30(44)27(33(8,9)10)39-31(45)38-24(32(5,6)7)20-34-17-13-18-36-47-46/h12,21-25,27,34H,2,11,13-20H2,1,3-10H3,(H4-,35,36,37,38,39,42,43,45,46)/p+1/t22-,23?,24-,25+,27-/m1/s1. The molecule has 0 aliphatic carbocycles. The number of amides is 5. The molecular formula is C33H60N7O6S+. The average Bonchev–Trinajstić information content (AvgIpc) is 3.43. The smallest absolute Gasteiger partial charge is 0.346 e. The van der Waals surface area contributed by atoms with Gasteiger partial charge in [0, 0.05) is 25.7 Å². The molecule has 0 spiro atoms. The molecule has 1 aliphatic rings. The molecule has 6 N–H and O–H groups in total. The van der Waals surface area contributed by atoms with Crippen LogP contribution in [0.1, 0.15) is 88.0 Å². The summed E-state index contributed by atoms with van der Waals surface area (Å²) in [4.78, 5) is 68.5. The van der Waals surface area contributed by atoms with E-state index in [0.717, 1.165) is 6.42 Å². The van der Waals surface area contributed by atoms with E-state index >= 15 is 0 Å². The monoisotopic (exact) mass is 682 g/mol. The lowest BCUT2D eigenvalue weighted by Gasteiger charge is -2.38. The number of carbonyl (C=O) groups is 5. The van der Waals surface area contributed by atoms with Crippen molar-refractivity contribution in [3.63, 3.8) is 0 Å². The van der Waals surface area contributed by atoms with Crippen molar-refractivity contribution >= 4 is 41.4 Å². The van der Waals surface area contributed by atoms with Crippen LogP contribution >= 0.6 is 0 Å². The summed E-state index contributed by atoms with van der Waals surface area (Å²) in [5.74, 6) is -2.54. The van der Waals surface area contributed by atoms with Gasteiger partial charge in [0.2, 0.25) is 17.6 Å². The molecule has 0 aromatic rings. The highest BCUT2D eigenvalue weighted by molar-refractivity contribution is 7.63. The third kappa shape index (κ3) is 13.6. The molecule has 1 rings (SSSR count). The van der Waals surface area contributed by atoms with Crippen molar-refractivity contribution in [3.05, 3.63) is 12.7 Å². The van der Waals surface area contributed by atoms with Crippen LogP contribution in [-0.2, 0) is 35.2 Å². The maximum absolute atomic E-state index is 14.3. The summed E-state index contributed by atoms with van der Waals surface area (Å²) in [6.45, 7) is 23.2. The van der Waals surface area contributed by atoms with E-state index in [4.69, 9.17) is 0 Å². The number of ketones is 1. The summed E-state index contributed by atoms with van der Waals surface area (Å²) in [6.07, 6.45) is 3.62. The Labute approximate surface area is 285 Å². The molecule has 1 saturated heterocycles. The zero-order chi connectivity index (χ0) is 35.9. The third-order valence-electron chi connectivity index (χ3n) is 8.47. The molecule has 0 aromatic heterocycles. The number of Topliss-reactive ketones (excluding diaryl/α,β-unsaturated/α-hetero) is 1. The highest BCUT2D eigenvalue weighted by atomic mass is 32.2. The van der Waals surface area contributed by atoms with Gasteiger partial charge in [-0.1, -0.05) is 74.8 Å². The van der Waals surface area contributed by atoms with E-state index in [2.05, 4.69) is 37.9 Å². The molecule has 1 aliphatic heterocycles. The second-order valence-electron chi connectivity index (χ2n) is 14.8. The van der Waals surface area contributed by atoms with Gasteiger partial charge >= 0.3 is 17.9 Å². The molecular weight excluding hydrogens is 622 g/mol. The molecule has 14 heteroatoms. The zero-order valence-electron chi connectivity index (χ0n) is 29.9. The molecule has 0 aromatic carbocycles. The largest absolute Gasteiger partial charge is 0.587 e. The second kappa shape index (κ2) is 19.8. The maximum Gasteiger partial charge on any atom is 0.587 e. The average molecular weight is 683 g/mol. The number of nitrogens with zero attached hydrogens (tertiary/aromatic N) is 1. The zero-order valence-corrected chi connectivity index (χ0v) is 30.7. The van der Waals surface area contributed by atoms with Gasteiger partial charge in [0.15, 0.2) is 0 Å². The Morgan fingerprint density at radius 2 is 1.64 bits per heavy atom. The molecule has 1 fully saturated rings. The number of likely N-dealkylation sites (tertiary alicyclic amines) is 1. The fourth-order valence-electron chi connectivity index (χ4n) is 5.62. The minimum atomic E-state index is -1.03. The van der Waals surface area contributed by atoms with E-state index in [9.17, 15) is 28.2 Å². The first-order chi connectivity index (χ1) is 21.9. The number of nitrogens with one attached hydrogen (secondary N) is 6. The predicted octanol–water partition coefficient (Wildman–Crippen LogP) is 2.06. The van der Waals surface area contributed by atoms with E-state index in [1.165, 1.54) is 11.0 Å². The molecule has 5 atom stereocenters. The lowest BCUT2D eigenvalue weighted by Crippen LogP contribution is -2.62. The van der Waals surface area contributed by atoms with Gasteiger partial charge in [0.05, 0.1) is 16.8 Å². The maximum atomic E-state index is 14.3. The van der Waals surface area contributed by atoms with Gasteiger partial charge in [-0.2, -0.15) is 0 Å². The van der Waals surface area contributed by atoms with E-state index in [1.54, 1.807) is 0 Å². The minimum Gasteiger partial charge on any atom is -0.346 e. The first-order valence-corrected chi connectivity index (χ1v) is 17.5. The van der Waals surface area contributed by atoms with E-state index in [-0.39, 0.29) is 42.2 Å². The van der Waals surface area contributed by atoms with Gasteiger partial charge in [-0.15, -0.1) is 6.58 Å². The van der Waals surface area contributed by atoms with Crippen molar-refractivity contribution in [3.8, 4) is 0 Å². The quantitative estimate of drug-likeness (QED) is 0.0397. The first kappa shape index (κ1) is 42.1. The molecule has 268 valence electrons. The number of urea groups is 1. The Bertz CT molecular complexity index is 1090. The molecule has 1 unspecified atom stereocenters. The Hall–Kier alpha value is -2.97. The lowest BCUT2D eigenvalue weighted by atomic mass is 9.84. The van der Waals surface area contributed by atoms with Gasteiger partial charge in [-0.3, -0.25) is 19.2 Å². The van der Waals surface area contributed by atoms with Crippen LogP contribution in [0.15, 0.2) is 12.7 Å². The first-order valence-electron chi connectivity index (χ1n) is 16.7. The molecule has 47 heavy (non-hydrogen) atoms. The van der Waals surface area contributed by atoms with Crippen molar-refractivity contribution in [2.75, 3.05) is 32.7 Å². The molecule has 0 radical (unpaired) electrons. The molecule has 13 nitrogen and oxygen atoms in total. The lowest BCUT2D eigenvalue weighted by molar-refractivity contribution is -0.144. The van der Waals surface area contributed by atoms with Crippen molar-refractivity contribution in [1.29, 1.82) is 0 Å². The normalized spacial score (nSPS) is 18.6. The van der Waals surface area contributed by atoms with Crippen LogP contribution in [0.25, 0.3) is 0 Å². The van der Waals surface area contributed by atoms with Gasteiger partial charge in [-0.25, -0.2) is 4.79 Å². The van der Waals surface area contributed by atoms with Gasteiger partial charge in [0.25, 0.3) is 5.91 Å². The van der Waals surface area contributed by atoms with Crippen molar-refractivity contribution in [2.45, 2.75) is 112 Å². The Morgan fingerprint density at radius 3 is 2.17 bits per heavy atom. The molecule has 1 heterocycles. The minimum absolute atomic E-state index is 0.0546. The van der Waals surface area contributed by atoms with Crippen molar-refractivity contribution in [2.24, 2.45) is 22.7 Å². The van der Waals surface area contributed by atoms with Gasteiger partial charge < -0.3 is 31.5 Å². The van der Waals surface area contributed by atoms with E-state index in [1.807, 2.05) is 62.3 Å². The summed E-state index contributed by atoms with van der Waals surface area (Å²) in [5.41, 5.74) is -0.996. The van der Waals surface area contributed by atoms with Crippen LogP contribution in [0.3, 0.4) is 0 Å². The highest BCUT2D eigenvalue weighted by Crippen LogP contribution is 2.33. The second-order valence-corrected chi connectivity index (χ2v) is 15.2. The summed E-state index contributed by atoms with van der Waals surface area (Å²) in [5, 5.41) is 14.5. The van der Waals surface area contributed by atoms with Crippen molar-refractivity contribution in [1.82, 2.24) is 36.2 Å². The van der Waals surface area contributed by atoms with Crippen LogP contribution in [0.2, 0.25) is 0 Å². The van der Waals surface area contributed by atoms with E-state index in [0.29, 0.717) is 50.9 Å². The Balaban J connectivity index is 3.20. The van der Waals surface area contributed by atoms with Gasteiger partial charge in [0.1, 0.15) is 12.1 Å². The van der Waals surface area contributed by atoms with Gasteiger partial charge in [-0.05, 0) is 53.2 Å². The van der Waals surface area contributed by atoms with Crippen LogP contribution in [0.5, 0.6) is 0 Å². The Kier molecular flexibility index (Phi) is 17.7. The number of hydrogen-bond acceptors (Lipinski definition) is 7. The van der Waals surface area contributed by atoms with E-state index < -0.39 is 47.2 Å². The number of carbonyl (C=O) groups excluding carboxylic acids is 5. The number of hydrogen-bond donors (Lipinski definition) is 6. The third-order valence-corrected chi connectivity index (χ3v) is 8.79. The predicted molar refractivity (Wildman–Crippen MR) is 185 cm³/mol. The van der Waals surface area contributed by atoms with Crippen LogP contribution < -0.4 is 31.3 Å². The fraction of sp³-hybridized carbons (Fsp3) is 0.788. The Morgan fingerprint density at radius 1 is 0.979 bits per heavy atom. The SMILES string of the molecule is C=CCNC(=O)C(=O)C(CCC)NC(=O)[C@@H]1[C@@H](C(C)C)CCN1C(=O)[C@@H](NC(=O)N[C@H](CNCCCN[S+]=O)C(C)(C)C)C(C)(C)C. The van der Waals surface area contributed by atoms with Crippen LogP contribution in [0, 0.1) is 22.7 Å². The summed E-state index contributed by atoms with van der Waals surface area (Å²) >= 11 is 0.332. The summed E-state index contributed by atoms with van der Waals surface area (Å²) in [6, 6.07) is -3.63. The highest BCUT2D eigenvalue weighted by Gasteiger charge is 2.47. The molecule has 5 amide bonds. The van der Waals surface area contributed by atoms with Crippen molar-refractivity contribution < 1.29 is 28.2 Å². The number of rotatable bonds is 19. The van der Waals surface area contributed by atoms with Crippen LogP contribution in [-0.4, -0.2) is 91.3 Å². The fourth-order valence-corrected chi connectivity index (χ4v) is 5.84. The summed E-state index contributed by atoms with van der Waals surface area (Å²) in [7, 11) is 0. The van der Waals surface area contributed by atoms with Crippen LogP contribution in [0.4, 0.5) is 4.79 Å². The molecule has 0 bridgehead atoms.